The minimum atomic E-state index is -0.0812. The van der Waals surface area contributed by atoms with Gasteiger partial charge in [-0.3, -0.25) is 4.79 Å². The molecule has 0 bridgehead atoms. The molecule has 1 aliphatic heterocycles. The number of amides is 1. The van der Waals surface area contributed by atoms with E-state index in [-0.39, 0.29) is 11.7 Å². The molecule has 1 aliphatic rings. The molecule has 0 aliphatic carbocycles. The van der Waals surface area contributed by atoms with Gasteiger partial charge in [0.15, 0.2) is 0 Å². The molecule has 0 radical (unpaired) electrons. The van der Waals surface area contributed by atoms with Crippen molar-refractivity contribution in [2.45, 2.75) is 17.7 Å². The molecular formula is C12H14BrNO2. The first-order chi connectivity index (χ1) is 7.68. The average Bonchev–Trinajstić information content (AvgIpc) is 2.29. The van der Waals surface area contributed by atoms with Crippen LogP contribution in [0.1, 0.15) is 23.2 Å². The van der Waals surface area contributed by atoms with E-state index in [0.29, 0.717) is 16.9 Å². The van der Waals surface area contributed by atoms with E-state index in [0.717, 1.165) is 19.4 Å². The largest absolute Gasteiger partial charge is 0.507 e. The van der Waals surface area contributed by atoms with E-state index < -0.39 is 0 Å². The van der Waals surface area contributed by atoms with E-state index in [1.54, 1.807) is 29.2 Å². The van der Waals surface area contributed by atoms with Crippen molar-refractivity contribution in [3.05, 3.63) is 29.8 Å². The van der Waals surface area contributed by atoms with Crippen LogP contribution in [0.25, 0.3) is 0 Å². The second-order valence-corrected chi connectivity index (χ2v) is 5.30. The quantitative estimate of drug-likeness (QED) is 0.804. The lowest BCUT2D eigenvalue weighted by molar-refractivity contribution is 0.0727. The van der Waals surface area contributed by atoms with Crippen molar-refractivity contribution in [1.82, 2.24) is 4.90 Å². The minimum Gasteiger partial charge on any atom is -0.507 e. The maximum Gasteiger partial charge on any atom is 0.257 e. The van der Waals surface area contributed by atoms with Gasteiger partial charge in [0, 0.05) is 17.9 Å². The van der Waals surface area contributed by atoms with Crippen LogP contribution in [0.3, 0.4) is 0 Å². The summed E-state index contributed by atoms with van der Waals surface area (Å²) >= 11 is 3.53. The molecule has 1 unspecified atom stereocenters. The van der Waals surface area contributed by atoms with E-state index in [2.05, 4.69) is 15.9 Å². The molecule has 1 amide bonds. The Bertz CT molecular complexity index is 394. The summed E-state index contributed by atoms with van der Waals surface area (Å²) in [5.74, 6) is -0.0218. The summed E-state index contributed by atoms with van der Waals surface area (Å²) in [6.07, 6.45) is 2.11. The molecule has 2 rings (SSSR count). The van der Waals surface area contributed by atoms with Crippen molar-refractivity contribution >= 4 is 21.8 Å². The molecule has 1 aromatic carbocycles. The highest BCUT2D eigenvalue weighted by atomic mass is 79.9. The number of alkyl halides is 1. The standard InChI is InChI=1S/C12H14BrNO2/c13-9-4-3-7-14(8-9)12(16)10-5-1-2-6-11(10)15/h1-2,5-6,9,15H,3-4,7-8H2. The first kappa shape index (κ1) is 11.5. The summed E-state index contributed by atoms with van der Waals surface area (Å²) in [5.41, 5.74) is 0.393. The van der Waals surface area contributed by atoms with Gasteiger partial charge in [-0.1, -0.05) is 28.1 Å². The second kappa shape index (κ2) is 4.87. The number of hydrogen-bond acceptors (Lipinski definition) is 2. The molecule has 0 saturated carbocycles. The number of carbonyl (C=O) groups is 1. The Kier molecular flexibility index (Phi) is 3.49. The number of piperidine rings is 1. The molecule has 1 fully saturated rings. The number of aromatic hydroxyl groups is 1. The number of rotatable bonds is 1. The summed E-state index contributed by atoms with van der Waals surface area (Å²) in [7, 11) is 0. The van der Waals surface area contributed by atoms with Gasteiger partial charge in [-0.05, 0) is 25.0 Å². The van der Waals surface area contributed by atoms with Crippen LogP contribution in [0, 0.1) is 0 Å². The fraction of sp³-hybridized carbons (Fsp3) is 0.417. The highest BCUT2D eigenvalue weighted by Gasteiger charge is 2.24. The first-order valence-electron chi connectivity index (χ1n) is 5.40. The average molecular weight is 284 g/mol. The van der Waals surface area contributed by atoms with Crippen LogP contribution in [0.5, 0.6) is 5.75 Å². The predicted octanol–water partition coefficient (Wildman–Crippen LogP) is 2.39. The van der Waals surface area contributed by atoms with E-state index >= 15 is 0 Å². The third kappa shape index (κ3) is 2.38. The predicted molar refractivity (Wildman–Crippen MR) is 66.0 cm³/mol. The van der Waals surface area contributed by atoms with Crippen LogP contribution in [-0.4, -0.2) is 33.8 Å². The zero-order valence-electron chi connectivity index (χ0n) is 8.90. The molecule has 3 nitrogen and oxygen atoms in total. The van der Waals surface area contributed by atoms with Crippen molar-refractivity contribution in [2.75, 3.05) is 13.1 Å². The van der Waals surface area contributed by atoms with Gasteiger partial charge in [0.05, 0.1) is 5.56 Å². The van der Waals surface area contributed by atoms with E-state index in [9.17, 15) is 9.90 Å². The second-order valence-electron chi connectivity index (χ2n) is 4.01. The molecule has 1 saturated heterocycles. The van der Waals surface area contributed by atoms with Crippen LogP contribution in [0.15, 0.2) is 24.3 Å². The topological polar surface area (TPSA) is 40.5 Å². The maximum atomic E-state index is 12.1. The van der Waals surface area contributed by atoms with Crippen LogP contribution in [0.2, 0.25) is 0 Å². The number of benzene rings is 1. The maximum absolute atomic E-state index is 12.1. The van der Waals surface area contributed by atoms with Crippen molar-refractivity contribution in [3.63, 3.8) is 0 Å². The normalized spacial score (nSPS) is 20.8. The minimum absolute atomic E-state index is 0.0594. The lowest BCUT2D eigenvalue weighted by atomic mass is 10.1. The van der Waals surface area contributed by atoms with Crippen LogP contribution in [0.4, 0.5) is 0 Å². The van der Waals surface area contributed by atoms with Gasteiger partial charge >= 0.3 is 0 Å². The van der Waals surface area contributed by atoms with Crippen LogP contribution in [-0.2, 0) is 0 Å². The number of nitrogens with zero attached hydrogens (tertiary/aromatic N) is 1. The van der Waals surface area contributed by atoms with Gasteiger partial charge in [-0.25, -0.2) is 0 Å². The lowest BCUT2D eigenvalue weighted by Gasteiger charge is -2.30. The molecule has 16 heavy (non-hydrogen) atoms. The molecule has 86 valence electrons. The third-order valence-electron chi connectivity index (χ3n) is 2.79. The molecule has 1 atom stereocenters. The summed E-state index contributed by atoms with van der Waals surface area (Å²) in [5, 5.41) is 9.62. The number of phenolic OH excluding ortho intramolecular Hbond substituents is 1. The van der Waals surface area contributed by atoms with Crippen molar-refractivity contribution < 1.29 is 9.90 Å². The van der Waals surface area contributed by atoms with Crippen LogP contribution < -0.4 is 0 Å². The SMILES string of the molecule is O=C(c1ccccc1O)N1CCCC(Br)C1. The highest BCUT2D eigenvalue weighted by molar-refractivity contribution is 9.09. The molecule has 1 N–H and O–H groups in total. The van der Waals surface area contributed by atoms with Gasteiger partial charge < -0.3 is 10.0 Å². The molecule has 1 heterocycles. The van der Waals surface area contributed by atoms with E-state index in [1.807, 2.05) is 0 Å². The molecule has 0 spiro atoms. The van der Waals surface area contributed by atoms with Crippen molar-refractivity contribution in [2.24, 2.45) is 0 Å². The Morgan fingerprint density at radius 3 is 2.88 bits per heavy atom. The van der Waals surface area contributed by atoms with E-state index in [1.165, 1.54) is 0 Å². The fourth-order valence-electron chi connectivity index (χ4n) is 1.93. The van der Waals surface area contributed by atoms with Crippen LogP contribution >= 0.6 is 15.9 Å². The monoisotopic (exact) mass is 283 g/mol. The lowest BCUT2D eigenvalue weighted by Crippen LogP contribution is -2.40. The van der Waals surface area contributed by atoms with Gasteiger partial charge in [-0.2, -0.15) is 0 Å². The molecular weight excluding hydrogens is 270 g/mol. The van der Waals surface area contributed by atoms with Gasteiger partial charge in [0.25, 0.3) is 5.91 Å². The number of hydrogen-bond donors (Lipinski definition) is 1. The highest BCUT2D eigenvalue weighted by Crippen LogP contribution is 2.22. The molecule has 4 heteroatoms. The molecule has 0 aromatic heterocycles. The fourth-order valence-corrected chi connectivity index (χ4v) is 2.61. The Balaban J connectivity index is 2.16. The summed E-state index contributed by atoms with van der Waals surface area (Å²) < 4.78 is 0. The first-order valence-corrected chi connectivity index (χ1v) is 6.31. The summed E-state index contributed by atoms with van der Waals surface area (Å²) in [6, 6.07) is 6.69. The third-order valence-corrected chi connectivity index (χ3v) is 3.53. The summed E-state index contributed by atoms with van der Waals surface area (Å²) in [4.78, 5) is 14.3. The number of carbonyl (C=O) groups excluding carboxylic acids is 1. The zero-order valence-corrected chi connectivity index (χ0v) is 10.5. The Morgan fingerprint density at radius 1 is 1.44 bits per heavy atom. The Hall–Kier alpha value is -1.03. The van der Waals surface area contributed by atoms with Crippen molar-refractivity contribution in [3.8, 4) is 5.75 Å². The van der Waals surface area contributed by atoms with Gasteiger partial charge in [0.2, 0.25) is 0 Å². The number of likely N-dealkylation sites (tertiary alicyclic amines) is 1. The summed E-state index contributed by atoms with van der Waals surface area (Å²) in [6.45, 7) is 1.49. The van der Waals surface area contributed by atoms with Crippen molar-refractivity contribution in [1.29, 1.82) is 0 Å². The number of halogens is 1. The van der Waals surface area contributed by atoms with E-state index in [4.69, 9.17) is 0 Å². The van der Waals surface area contributed by atoms with Gasteiger partial charge in [0.1, 0.15) is 5.75 Å². The smallest absolute Gasteiger partial charge is 0.257 e. The number of para-hydroxylation sites is 1. The van der Waals surface area contributed by atoms with Gasteiger partial charge in [-0.15, -0.1) is 0 Å². The Morgan fingerprint density at radius 2 is 2.19 bits per heavy atom. The number of phenols is 1. The Labute approximate surface area is 103 Å². The molecule has 1 aromatic rings. The zero-order chi connectivity index (χ0) is 11.5.